The van der Waals surface area contributed by atoms with E-state index in [4.69, 9.17) is 4.74 Å². The molecule has 1 spiro atoms. The van der Waals surface area contributed by atoms with Crippen molar-refractivity contribution in [3.63, 3.8) is 0 Å². The van der Waals surface area contributed by atoms with Gasteiger partial charge in [-0.2, -0.15) is 0 Å². The van der Waals surface area contributed by atoms with Gasteiger partial charge in [0.15, 0.2) is 0 Å². The minimum atomic E-state index is 0.177. The van der Waals surface area contributed by atoms with Crippen LogP contribution in [0.2, 0.25) is 0 Å². The molecule has 1 aromatic carbocycles. The van der Waals surface area contributed by atoms with Gasteiger partial charge in [-0.15, -0.1) is 0 Å². The van der Waals surface area contributed by atoms with Crippen molar-refractivity contribution in [2.45, 2.75) is 30.8 Å². The van der Waals surface area contributed by atoms with Crippen LogP contribution in [-0.4, -0.2) is 37.9 Å². The average molecular weight is 246 g/mol. The Morgan fingerprint density at radius 3 is 2.94 bits per heavy atom. The Labute approximate surface area is 109 Å². The zero-order valence-corrected chi connectivity index (χ0v) is 10.8. The van der Waals surface area contributed by atoms with E-state index < -0.39 is 0 Å². The van der Waals surface area contributed by atoms with Crippen LogP contribution < -0.4 is 10.6 Å². The predicted molar refractivity (Wildman–Crippen MR) is 72.7 cm³/mol. The van der Waals surface area contributed by atoms with E-state index >= 15 is 0 Å². The highest BCUT2D eigenvalue weighted by atomic mass is 16.5. The summed E-state index contributed by atoms with van der Waals surface area (Å²) in [4.78, 5) is 0. The number of ether oxygens (including phenoxy) is 1. The molecule has 2 aliphatic rings. The van der Waals surface area contributed by atoms with Gasteiger partial charge in [0.25, 0.3) is 0 Å². The van der Waals surface area contributed by atoms with Gasteiger partial charge in [0.2, 0.25) is 0 Å². The van der Waals surface area contributed by atoms with Crippen molar-refractivity contribution >= 4 is 0 Å². The van der Waals surface area contributed by atoms with E-state index in [1.165, 1.54) is 18.4 Å². The third-order valence-electron chi connectivity index (χ3n) is 4.01. The van der Waals surface area contributed by atoms with Crippen molar-refractivity contribution in [2.24, 2.45) is 0 Å². The first kappa shape index (κ1) is 12.2. The van der Waals surface area contributed by atoms with Crippen LogP contribution in [0.4, 0.5) is 0 Å². The molecule has 3 rings (SSSR count). The summed E-state index contributed by atoms with van der Waals surface area (Å²) in [5.74, 6) is 0. The fraction of sp³-hybridized carbons (Fsp3) is 0.600. The molecule has 2 unspecified atom stereocenters. The molecule has 2 N–H and O–H groups in total. The second kappa shape index (κ2) is 5.39. The van der Waals surface area contributed by atoms with Gasteiger partial charge in [0.05, 0.1) is 12.1 Å². The lowest BCUT2D eigenvalue weighted by atomic mass is 9.88. The highest BCUT2D eigenvalue weighted by Crippen LogP contribution is 2.22. The van der Waals surface area contributed by atoms with Crippen LogP contribution in [0.15, 0.2) is 30.3 Å². The Morgan fingerprint density at radius 1 is 1.28 bits per heavy atom. The quantitative estimate of drug-likeness (QED) is 0.826. The highest BCUT2D eigenvalue weighted by molar-refractivity contribution is 5.17. The Bertz CT molecular complexity index is 368. The first-order valence-electron chi connectivity index (χ1n) is 6.96. The minimum absolute atomic E-state index is 0.177. The number of piperazine rings is 1. The van der Waals surface area contributed by atoms with Gasteiger partial charge in [0.1, 0.15) is 0 Å². The summed E-state index contributed by atoms with van der Waals surface area (Å²) in [7, 11) is 0. The normalized spacial score (nSPS) is 32.6. The van der Waals surface area contributed by atoms with Crippen LogP contribution in [0.3, 0.4) is 0 Å². The van der Waals surface area contributed by atoms with Crippen molar-refractivity contribution in [3.05, 3.63) is 35.9 Å². The Hall–Kier alpha value is -0.900. The Balaban J connectivity index is 1.63. The van der Waals surface area contributed by atoms with Crippen LogP contribution in [0.1, 0.15) is 18.4 Å². The number of rotatable bonds is 2. The number of hydrogen-bond acceptors (Lipinski definition) is 3. The Morgan fingerprint density at radius 2 is 2.17 bits per heavy atom. The number of hydrogen-bond donors (Lipinski definition) is 2. The van der Waals surface area contributed by atoms with E-state index in [1.54, 1.807) is 0 Å². The summed E-state index contributed by atoms with van der Waals surface area (Å²) in [6.45, 7) is 3.87. The fourth-order valence-corrected chi connectivity index (χ4v) is 3.15. The molecular formula is C15H22N2O. The molecule has 98 valence electrons. The predicted octanol–water partition coefficient (Wildman–Crippen LogP) is 1.34. The van der Waals surface area contributed by atoms with Crippen molar-refractivity contribution in [1.82, 2.24) is 10.6 Å². The summed E-state index contributed by atoms with van der Waals surface area (Å²) < 4.78 is 5.66. The van der Waals surface area contributed by atoms with E-state index in [9.17, 15) is 0 Å². The summed E-state index contributed by atoms with van der Waals surface area (Å²) in [6, 6.07) is 11.2. The molecule has 0 aliphatic carbocycles. The lowest BCUT2D eigenvalue weighted by Gasteiger charge is -2.45. The smallest absolute Gasteiger partial charge is 0.0660 e. The monoisotopic (exact) mass is 246 g/mol. The molecule has 0 bridgehead atoms. The summed E-state index contributed by atoms with van der Waals surface area (Å²) >= 11 is 0. The molecule has 2 saturated heterocycles. The zero-order chi connectivity index (χ0) is 12.3. The molecule has 0 radical (unpaired) electrons. The van der Waals surface area contributed by atoms with E-state index in [2.05, 4.69) is 41.0 Å². The zero-order valence-electron chi connectivity index (χ0n) is 10.8. The second-order valence-electron chi connectivity index (χ2n) is 5.60. The summed E-state index contributed by atoms with van der Waals surface area (Å²) in [5, 5.41) is 7.40. The maximum absolute atomic E-state index is 5.66. The largest absolute Gasteiger partial charge is 0.379 e. The van der Waals surface area contributed by atoms with E-state index in [-0.39, 0.29) is 5.54 Å². The topological polar surface area (TPSA) is 33.3 Å². The molecule has 2 fully saturated rings. The van der Waals surface area contributed by atoms with Crippen LogP contribution in [0.25, 0.3) is 0 Å². The molecule has 3 heteroatoms. The van der Waals surface area contributed by atoms with E-state index in [1.807, 2.05) is 0 Å². The molecule has 2 heterocycles. The van der Waals surface area contributed by atoms with Crippen LogP contribution in [-0.2, 0) is 11.2 Å². The van der Waals surface area contributed by atoms with Gasteiger partial charge in [-0.25, -0.2) is 0 Å². The molecule has 3 nitrogen and oxygen atoms in total. The van der Waals surface area contributed by atoms with E-state index in [0.29, 0.717) is 6.04 Å². The van der Waals surface area contributed by atoms with Gasteiger partial charge in [-0.05, 0) is 24.8 Å². The molecule has 0 amide bonds. The van der Waals surface area contributed by atoms with Crippen molar-refractivity contribution in [3.8, 4) is 0 Å². The SMILES string of the molecule is c1ccc(CC2CNCC3(CCCOC3)N2)cc1. The minimum Gasteiger partial charge on any atom is -0.379 e. The van der Waals surface area contributed by atoms with Crippen molar-refractivity contribution < 1.29 is 4.74 Å². The fourth-order valence-electron chi connectivity index (χ4n) is 3.15. The standard InChI is InChI=1S/C15H22N2O/c1-2-5-13(6-3-1)9-14-10-16-11-15(17-14)7-4-8-18-12-15/h1-3,5-6,14,16-17H,4,7-12H2. The summed E-state index contributed by atoms with van der Waals surface area (Å²) in [6.07, 6.45) is 3.49. The Kier molecular flexibility index (Phi) is 3.64. The van der Waals surface area contributed by atoms with Crippen molar-refractivity contribution in [1.29, 1.82) is 0 Å². The third kappa shape index (κ3) is 2.74. The van der Waals surface area contributed by atoms with Crippen LogP contribution >= 0.6 is 0 Å². The molecule has 2 atom stereocenters. The highest BCUT2D eigenvalue weighted by Gasteiger charge is 2.37. The maximum Gasteiger partial charge on any atom is 0.0660 e. The maximum atomic E-state index is 5.66. The van der Waals surface area contributed by atoms with Crippen LogP contribution in [0.5, 0.6) is 0 Å². The molecule has 0 saturated carbocycles. The molecule has 1 aromatic rings. The lowest BCUT2D eigenvalue weighted by molar-refractivity contribution is 0.00567. The second-order valence-corrected chi connectivity index (χ2v) is 5.60. The lowest BCUT2D eigenvalue weighted by Crippen LogP contribution is -2.67. The first-order chi connectivity index (χ1) is 8.86. The van der Waals surface area contributed by atoms with Gasteiger partial charge in [-0.3, -0.25) is 0 Å². The van der Waals surface area contributed by atoms with Crippen LogP contribution in [0, 0.1) is 0 Å². The average Bonchev–Trinajstić information content (AvgIpc) is 2.41. The summed E-state index contributed by atoms with van der Waals surface area (Å²) in [5.41, 5.74) is 1.58. The number of nitrogens with one attached hydrogen (secondary N) is 2. The van der Waals surface area contributed by atoms with Crippen molar-refractivity contribution in [2.75, 3.05) is 26.3 Å². The van der Waals surface area contributed by atoms with Gasteiger partial charge >= 0.3 is 0 Å². The van der Waals surface area contributed by atoms with Gasteiger partial charge in [0, 0.05) is 25.7 Å². The van der Waals surface area contributed by atoms with Gasteiger partial charge < -0.3 is 15.4 Å². The molecule has 2 aliphatic heterocycles. The molecular weight excluding hydrogens is 224 g/mol. The van der Waals surface area contributed by atoms with Gasteiger partial charge in [-0.1, -0.05) is 30.3 Å². The van der Waals surface area contributed by atoms with E-state index in [0.717, 1.165) is 32.7 Å². The first-order valence-corrected chi connectivity index (χ1v) is 6.96. The molecule has 0 aromatic heterocycles. The number of benzene rings is 1. The third-order valence-corrected chi connectivity index (χ3v) is 4.01. The molecule has 18 heavy (non-hydrogen) atoms.